The molecule has 0 unspecified atom stereocenters. The second-order valence-corrected chi connectivity index (χ2v) is 8.89. The number of aromatic nitrogens is 4. The van der Waals surface area contributed by atoms with Crippen LogP contribution in [-0.2, 0) is 16.1 Å². The van der Waals surface area contributed by atoms with Gasteiger partial charge in [-0.05, 0) is 55.7 Å². The summed E-state index contributed by atoms with van der Waals surface area (Å²) < 4.78 is 5.27. The number of rotatable bonds is 9. The molecule has 35 heavy (non-hydrogen) atoms. The van der Waals surface area contributed by atoms with E-state index in [1.807, 2.05) is 38.1 Å². The molecule has 3 aromatic rings. The summed E-state index contributed by atoms with van der Waals surface area (Å²) in [5.41, 5.74) is 2.57. The number of nitrogens with one attached hydrogen (secondary N) is 1. The Bertz CT molecular complexity index is 1140. The number of nitrogens with zero attached hydrogens (tertiary/aromatic N) is 5. The molecule has 1 saturated carbocycles. The SMILES string of the molecule is CC[C@@H](C(=O)NC1CCCC1)N(C(=O)Cn1nnc(-c2ccc(C)cc2)n1)c1ccc(OC)cc1. The van der Waals surface area contributed by atoms with Crippen LogP contribution in [0.2, 0.25) is 0 Å². The van der Waals surface area contributed by atoms with Gasteiger partial charge in [0.2, 0.25) is 11.7 Å². The van der Waals surface area contributed by atoms with Crippen molar-refractivity contribution < 1.29 is 14.3 Å². The topological polar surface area (TPSA) is 102 Å². The average Bonchev–Trinajstić information content (AvgIpc) is 3.55. The van der Waals surface area contributed by atoms with E-state index in [9.17, 15) is 9.59 Å². The summed E-state index contributed by atoms with van der Waals surface area (Å²) >= 11 is 0. The van der Waals surface area contributed by atoms with Crippen LogP contribution in [0.15, 0.2) is 48.5 Å². The van der Waals surface area contributed by atoms with E-state index in [1.165, 1.54) is 4.80 Å². The molecule has 1 fully saturated rings. The molecule has 0 bridgehead atoms. The van der Waals surface area contributed by atoms with Gasteiger partial charge in [-0.1, -0.05) is 49.6 Å². The molecule has 1 N–H and O–H groups in total. The maximum atomic E-state index is 13.6. The van der Waals surface area contributed by atoms with Crippen LogP contribution in [0.1, 0.15) is 44.6 Å². The van der Waals surface area contributed by atoms with E-state index >= 15 is 0 Å². The largest absolute Gasteiger partial charge is 0.497 e. The van der Waals surface area contributed by atoms with Gasteiger partial charge in [0.15, 0.2) is 0 Å². The van der Waals surface area contributed by atoms with Crippen molar-refractivity contribution >= 4 is 17.5 Å². The minimum absolute atomic E-state index is 0.141. The highest BCUT2D eigenvalue weighted by Gasteiger charge is 2.32. The molecule has 9 nitrogen and oxygen atoms in total. The zero-order chi connectivity index (χ0) is 24.8. The number of anilines is 1. The van der Waals surface area contributed by atoms with Crippen molar-refractivity contribution in [3.63, 3.8) is 0 Å². The molecule has 0 aliphatic heterocycles. The second kappa shape index (κ2) is 11.1. The van der Waals surface area contributed by atoms with E-state index in [1.54, 1.807) is 36.3 Å². The van der Waals surface area contributed by atoms with Crippen LogP contribution in [0.4, 0.5) is 5.69 Å². The Labute approximate surface area is 205 Å². The Morgan fingerprint density at radius 2 is 1.80 bits per heavy atom. The van der Waals surface area contributed by atoms with E-state index in [0.717, 1.165) is 36.8 Å². The number of carbonyl (C=O) groups excluding carboxylic acids is 2. The fraction of sp³-hybridized carbons (Fsp3) is 0.423. The number of hydrogen-bond acceptors (Lipinski definition) is 6. The Balaban J connectivity index is 1.57. The van der Waals surface area contributed by atoms with Gasteiger partial charge in [0.1, 0.15) is 18.3 Å². The van der Waals surface area contributed by atoms with Crippen molar-refractivity contribution in [2.24, 2.45) is 0 Å². The summed E-state index contributed by atoms with van der Waals surface area (Å²) in [4.78, 5) is 29.7. The molecule has 9 heteroatoms. The van der Waals surface area contributed by atoms with Crippen molar-refractivity contribution in [1.29, 1.82) is 0 Å². The third-order valence-electron chi connectivity index (χ3n) is 6.36. The first kappa shape index (κ1) is 24.4. The summed E-state index contributed by atoms with van der Waals surface area (Å²) in [5.74, 6) is 0.678. The number of methoxy groups -OCH3 is 1. The lowest BCUT2D eigenvalue weighted by Crippen LogP contribution is -2.52. The van der Waals surface area contributed by atoms with Crippen LogP contribution in [0.25, 0.3) is 11.4 Å². The average molecular weight is 477 g/mol. The smallest absolute Gasteiger partial charge is 0.251 e. The number of aryl methyl sites for hydroxylation is 1. The first-order valence-corrected chi connectivity index (χ1v) is 12.1. The summed E-state index contributed by atoms with van der Waals surface area (Å²) in [6, 6.07) is 14.4. The fourth-order valence-corrected chi connectivity index (χ4v) is 4.42. The number of carbonyl (C=O) groups is 2. The van der Waals surface area contributed by atoms with Crippen LogP contribution < -0.4 is 15.0 Å². The van der Waals surface area contributed by atoms with Gasteiger partial charge in [-0.15, -0.1) is 10.2 Å². The molecule has 1 aliphatic carbocycles. The molecular formula is C26H32N6O3. The molecule has 0 saturated heterocycles. The van der Waals surface area contributed by atoms with Crippen LogP contribution >= 0.6 is 0 Å². The lowest BCUT2D eigenvalue weighted by molar-refractivity contribution is -0.127. The molecule has 1 atom stereocenters. The minimum atomic E-state index is -0.656. The van der Waals surface area contributed by atoms with Gasteiger partial charge in [0, 0.05) is 17.3 Å². The Morgan fingerprint density at radius 1 is 1.11 bits per heavy atom. The Hall–Kier alpha value is -3.75. The highest BCUT2D eigenvalue weighted by atomic mass is 16.5. The summed E-state index contributed by atoms with van der Waals surface area (Å²) in [6.45, 7) is 3.78. The third-order valence-corrected chi connectivity index (χ3v) is 6.36. The molecule has 0 spiro atoms. The number of ether oxygens (including phenoxy) is 1. The lowest BCUT2D eigenvalue weighted by atomic mass is 10.1. The number of hydrogen-bond donors (Lipinski definition) is 1. The molecule has 1 heterocycles. The third kappa shape index (κ3) is 5.85. The molecule has 184 valence electrons. The van der Waals surface area contributed by atoms with E-state index in [-0.39, 0.29) is 24.4 Å². The zero-order valence-corrected chi connectivity index (χ0v) is 20.5. The van der Waals surface area contributed by atoms with Gasteiger partial charge in [-0.3, -0.25) is 14.5 Å². The first-order chi connectivity index (χ1) is 17.0. The molecule has 1 aromatic heterocycles. The molecule has 4 rings (SSSR count). The van der Waals surface area contributed by atoms with Crippen molar-refractivity contribution in [3.05, 3.63) is 54.1 Å². The quantitative estimate of drug-likeness (QED) is 0.507. The molecule has 1 aliphatic rings. The summed E-state index contributed by atoms with van der Waals surface area (Å²) in [7, 11) is 1.59. The van der Waals surface area contributed by atoms with Crippen LogP contribution in [0, 0.1) is 6.92 Å². The Morgan fingerprint density at radius 3 is 2.43 bits per heavy atom. The standard InChI is InChI=1S/C26H32N6O3/c1-4-23(26(34)27-20-7-5-6-8-20)32(21-13-15-22(35-3)16-14-21)24(33)17-31-29-25(28-30-31)19-11-9-18(2)10-12-19/h9-16,20,23H,4-8,17H2,1-3H3,(H,27,34)/t23-/m0/s1. The van der Waals surface area contributed by atoms with Crippen LogP contribution in [-0.4, -0.2) is 51.2 Å². The summed E-state index contributed by atoms with van der Waals surface area (Å²) in [6.07, 6.45) is 4.65. The van der Waals surface area contributed by atoms with Crippen molar-refractivity contribution in [1.82, 2.24) is 25.5 Å². The van der Waals surface area contributed by atoms with Crippen LogP contribution in [0.5, 0.6) is 5.75 Å². The normalized spacial score (nSPS) is 14.5. The highest BCUT2D eigenvalue weighted by molar-refractivity contribution is 6.00. The van der Waals surface area contributed by atoms with Crippen LogP contribution in [0.3, 0.4) is 0 Å². The Kier molecular flexibility index (Phi) is 7.74. The minimum Gasteiger partial charge on any atom is -0.497 e. The van der Waals surface area contributed by atoms with Gasteiger partial charge in [0.25, 0.3) is 5.91 Å². The first-order valence-electron chi connectivity index (χ1n) is 12.1. The van der Waals surface area contributed by atoms with Gasteiger partial charge >= 0.3 is 0 Å². The number of benzene rings is 2. The predicted octanol–water partition coefficient (Wildman–Crippen LogP) is 3.53. The highest BCUT2D eigenvalue weighted by Crippen LogP contribution is 2.24. The van der Waals surface area contributed by atoms with E-state index in [2.05, 4.69) is 20.7 Å². The van der Waals surface area contributed by atoms with Crippen molar-refractivity contribution in [3.8, 4) is 17.1 Å². The fourth-order valence-electron chi connectivity index (χ4n) is 4.42. The number of amides is 2. The van der Waals surface area contributed by atoms with Crippen molar-refractivity contribution in [2.45, 2.75) is 64.6 Å². The molecule has 2 aromatic carbocycles. The van der Waals surface area contributed by atoms with Gasteiger partial charge in [-0.2, -0.15) is 4.80 Å². The number of tetrazole rings is 1. The maximum absolute atomic E-state index is 13.6. The van der Waals surface area contributed by atoms with Gasteiger partial charge in [0.05, 0.1) is 7.11 Å². The summed E-state index contributed by atoms with van der Waals surface area (Å²) in [5, 5.41) is 15.7. The lowest BCUT2D eigenvalue weighted by Gasteiger charge is -2.31. The van der Waals surface area contributed by atoms with Crippen molar-refractivity contribution in [2.75, 3.05) is 12.0 Å². The molecule has 0 radical (unpaired) electrons. The van der Waals surface area contributed by atoms with Gasteiger partial charge in [-0.25, -0.2) is 0 Å². The zero-order valence-electron chi connectivity index (χ0n) is 20.5. The monoisotopic (exact) mass is 476 g/mol. The maximum Gasteiger partial charge on any atom is 0.251 e. The van der Waals surface area contributed by atoms with E-state index < -0.39 is 6.04 Å². The molecular weight excluding hydrogens is 444 g/mol. The van der Waals surface area contributed by atoms with E-state index in [0.29, 0.717) is 23.7 Å². The predicted molar refractivity (Wildman–Crippen MR) is 133 cm³/mol. The second-order valence-electron chi connectivity index (χ2n) is 8.89. The van der Waals surface area contributed by atoms with E-state index in [4.69, 9.17) is 4.74 Å². The van der Waals surface area contributed by atoms with Gasteiger partial charge < -0.3 is 10.1 Å². The molecule has 2 amide bonds.